The van der Waals surface area contributed by atoms with Gasteiger partial charge in [0.05, 0.1) is 25.4 Å². The van der Waals surface area contributed by atoms with Gasteiger partial charge in [0.15, 0.2) is 0 Å². The summed E-state index contributed by atoms with van der Waals surface area (Å²) in [4.78, 5) is 26.1. The van der Waals surface area contributed by atoms with Crippen molar-refractivity contribution in [3.05, 3.63) is 62.4 Å². The molecular weight excluding hydrogens is 424 g/mol. The minimum Gasteiger partial charge on any atom is -0.497 e. The zero-order valence-electron chi connectivity index (χ0n) is 15.7. The van der Waals surface area contributed by atoms with Crippen LogP contribution in [-0.2, 0) is 6.42 Å². The Morgan fingerprint density at radius 3 is 2.71 bits per heavy atom. The van der Waals surface area contributed by atoms with Crippen LogP contribution in [0.5, 0.6) is 11.5 Å². The number of nitrogens with zero attached hydrogens (tertiary/aromatic N) is 1. The number of rotatable bonds is 4. The number of nitrogens with one attached hydrogen (secondary N) is 1. The molecule has 3 aromatic rings. The first kappa shape index (κ1) is 18.6. The minimum absolute atomic E-state index is 0.0928. The van der Waals surface area contributed by atoms with Crippen molar-refractivity contribution >= 4 is 38.4 Å². The zero-order chi connectivity index (χ0) is 20.0. The van der Waals surface area contributed by atoms with Crippen LogP contribution in [0.15, 0.2) is 45.8 Å². The maximum atomic E-state index is 13.1. The fraction of sp³-hybridized carbons (Fsp3) is 0.238. The van der Waals surface area contributed by atoms with E-state index in [9.17, 15) is 9.59 Å². The molecule has 0 fully saturated rings. The molecular formula is C21H19BrN2O4. The van der Waals surface area contributed by atoms with Crippen LogP contribution < -0.4 is 20.2 Å². The topological polar surface area (TPSA) is 69.6 Å². The lowest BCUT2D eigenvalue weighted by molar-refractivity contribution is 0.102. The second-order valence-electron chi connectivity index (χ2n) is 6.81. The molecule has 0 aliphatic carbocycles. The Labute approximate surface area is 170 Å². The van der Waals surface area contributed by atoms with Crippen molar-refractivity contribution in [3.63, 3.8) is 0 Å². The van der Waals surface area contributed by atoms with Gasteiger partial charge in [-0.05, 0) is 43.2 Å². The molecule has 0 saturated heterocycles. The predicted molar refractivity (Wildman–Crippen MR) is 112 cm³/mol. The van der Waals surface area contributed by atoms with Gasteiger partial charge in [0, 0.05) is 28.2 Å². The van der Waals surface area contributed by atoms with Gasteiger partial charge in [-0.3, -0.25) is 9.59 Å². The second-order valence-corrected chi connectivity index (χ2v) is 7.73. The monoisotopic (exact) mass is 442 g/mol. The number of hydrogen-bond acceptors (Lipinski definition) is 4. The molecule has 6 nitrogen and oxygen atoms in total. The molecule has 1 aromatic heterocycles. The van der Waals surface area contributed by atoms with Crippen LogP contribution in [0.2, 0.25) is 0 Å². The van der Waals surface area contributed by atoms with E-state index in [1.165, 1.54) is 7.11 Å². The lowest BCUT2D eigenvalue weighted by Gasteiger charge is -2.14. The number of carbonyl (C=O) groups is 1. The third-order valence-electron chi connectivity index (χ3n) is 5.06. The summed E-state index contributed by atoms with van der Waals surface area (Å²) >= 11 is 3.47. The molecule has 0 unspecified atom stereocenters. The molecule has 0 saturated carbocycles. The van der Waals surface area contributed by atoms with E-state index in [0.717, 1.165) is 22.0 Å². The van der Waals surface area contributed by atoms with Gasteiger partial charge in [0.1, 0.15) is 17.1 Å². The standard InChI is InChI=1S/C21H19BrN2O4/c1-11-6-12-7-13(22)8-15-19(12)24(11)10-16(20(15)25)21(26)23-17-9-14(27-2)4-5-18(17)28-3/h4-5,7-11H,6H2,1-3H3,(H,23,26)/t11-/m0/s1. The number of amides is 1. The number of methoxy groups -OCH3 is 2. The number of carbonyl (C=O) groups excluding carboxylic acids is 1. The molecule has 2 heterocycles. The largest absolute Gasteiger partial charge is 0.497 e. The minimum atomic E-state index is -0.483. The molecule has 2 aromatic carbocycles. The highest BCUT2D eigenvalue weighted by molar-refractivity contribution is 9.10. The van der Waals surface area contributed by atoms with Crippen LogP contribution >= 0.6 is 15.9 Å². The van der Waals surface area contributed by atoms with Crippen LogP contribution in [0.3, 0.4) is 0 Å². The normalized spacial score (nSPS) is 14.9. The van der Waals surface area contributed by atoms with Gasteiger partial charge in [-0.15, -0.1) is 0 Å². The first-order valence-corrected chi connectivity index (χ1v) is 9.63. The molecule has 144 valence electrons. The van der Waals surface area contributed by atoms with Crippen molar-refractivity contribution in [3.8, 4) is 11.5 Å². The molecule has 7 heteroatoms. The first-order valence-electron chi connectivity index (χ1n) is 8.83. The molecule has 0 bridgehead atoms. The van der Waals surface area contributed by atoms with Crippen molar-refractivity contribution in [2.24, 2.45) is 0 Å². The number of anilines is 1. The van der Waals surface area contributed by atoms with Crippen molar-refractivity contribution in [2.75, 3.05) is 19.5 Å². The van der Waals surface area contributed by atoms with Gasteiger partial charge >= 0.3 is 0 Å². The molecule has 28 heavy (non-hydrogen) atoms. The highest BCUT2D eigenvalue weighted by atomic mass is 79.9. The molecule has 4 rings (SSSR count). The van der Waals surface area contributed by atoms with Gasteiger partial charge < -0.3 is 19.4 Å². The average molecular weight is 443 g/mol. The van der Waals surface area contributed by atoms with Gasteiger partial charge in [-0.25, -0.2) is 0 Å². The van der Waals surface area contributed by atoms with E-state index in [2.05, 4.69) is 28.2 Å². The Bertz CT molecular complexity index is 1170. The van der Waals surface area contributed by atoms with E-state index in [-0.39, 0.29) is 17.0 Å². The van der Waals surface area contributed by atoms with E-state index in [1.807, 2.05) is 10.6 Å². The highest BCUT2D eigenvalue weighted by Crippen LogP contribution is 2.34. The fourth-order valence-corrected chi connectivity index (χ4v) is 4.23. The Morgan fingerprint density at radius 1 is 1.21 bits per heavy atom. The highest BCUT2D eigenvalue weighted by Gasteiger charge is 2.25. The number of benzene rings is 2. The fourth-order valence-electron chi connectivity index (χ4n) is 3.72. The lowest BCUT2D eigenvalue weighted by atomic mass is 10.1. The van der Waals surface area contributed by atoms with Crippen LogP contribution in [0.25, 0.3) is 10.9 Å². The average Bonchev–Trinajstić information content (AvgIpc) is 2.99. The molecule has 1 amide bonds. The van der Waals surface area contributed by atoms with Crippen LogP contribution in [-0.4, -0.2) is 24.7 Å². The third-order valence-corrected chi connectivity index (χ3v) is 5.52. The van der Waals surface area contributed by atoms with Gasteiger partial charge in [-0.2, -0.15) is 0 Å². The van der Waals surface area contributed by atoms with Gasteiger partial charge in [0.2, 0.25) is 5.43 Å². The number of pyridine rings is 1. The number of hydrogen-bond donors (Lipinski definition) is 1. The van der Waals surface area contributed by atoms with E-state index in [4.69, 9.17) is 9.47 Å². The molecule has 1 atom stereocenters. The Hall–Kier alpha value is -2.80. The molecule has 1 aliphatic heterocycles. The maximum absolute atomic E-state index is 13.1. The SMILES string of the molecule is COc1ccc(OC)c(NC(=O)c2cn3c4c(cc(Br)cc4c2=O)C[C@@H]3C)c1. The summed E-state index contributed by atoms with van der Waals surface area (Å²) in [7, 11) is 3.06. The van der Waals surface area contributed by atoms with Crippen molar-refractivity contribution in [1.29, 1.82) is 0 Å². The van der Waals surface area contributed by atoms with Crippen molar-refractivity contribution in [2.45, 2.75) is 19.4 Å². The van der Waals surface area contributed by atoms with Crippen LogP contribution in [0, 0.1) is 0 Å². The summed E-state index contributed by atoms with van der Waals surface area (Å²) in [6.07, 6.45) is 2.48. The molecule has 0 radical (unpaired) electrons. The van der Waals surface area contributed by atoms with Crippen LogP contribution in [0.4, 0.5) is 5.69 Å². The van der Waals surface area contributed by atoms with E-state index >= 15 is 0 Å². The smallest absolute Gasteiger partial charge is 0.261 e. The summed E-state index contributed by atoms with van der Waals surface area (Å²) in [6.45, 7) is 2.07. The van der Waals surface area contributed by atoms with E-state index in [0.29, 0.717) is 22.6 Å². The molecule has 1 aliphatic rings. The van der Waals surface area contributed by atoms with E-state index < -0.39 is 5.91 Å². The van der Waals surface area contributed by atoms with Crippen molar-refractivity contribution in [1.82, 2.24) is 4.57 Å². The Balaban J connectivity index is 1.82. The lowest BCUT2D eigenvalue weighted by Crippen LogP contribution is -2.24. The summed E-state index contributed by atoms with van der Waals surface area (Å²) in [5, 5.41) is 3.33. The summed E-state index contributed by atoms with van der Waals surface area (Å²) in [6, 6.07) is 9.07. The Kier molecular flexibility index (Phi) is 4.63. The molecule has 0 spiro atoms. The third kappa shape index (κ3) is 2.96. The van der Waals surface area contributed by atoms with E-state index in [1.54, 1.807) is 37.6 Å². The predicted octanol–water partition coefficient (Wildman–Crippen LogP) is 4.15. The summed E-state index contributed by atoms with van der Waals surface area (Å²) in [5.41, 5.74) is 2.25. The summed E-state index contributed by atoms with van der Waals surface area (Å²) in [5.74, 6) is 0.577. The quantitative estimate of drug-likeness (QED) is 0.658. The second kappa shape index (κ2) is 6.98. The van der Waals surface area contributed by atoms with Gasteiger partial charge in [-0.1, -0.05) is 15.9 Å². The zero-order valence-corrected chi connectivity index (χ0v) is 17.3. The van der Waals surface area contributed by atoms with Crippen molar-refractivity contribution < 1.29 is 14.3 Å². The first-order chi connectivity index (χ1) is 13.4. The number of aromatic nitrogens is 1. The van der Waals surface area contributed by atoms with Crippen LogP contribution in [0.1, 0.15) is 28.9 Å². The van der Waals surface area contributed by atoms with Gasteiger partial charge in [0.25, 0.3) is 5.91 Å². The Morgan fingerprint density at radius 2 is 2.00 bits per heavy atom. The number of halogens is 1. The number of ether oxygens (including phenoxy) is 2. The summed E-state index contributed by atoms with van der Waals surface area (Å²) < 4.78 is 13.4. The molecule has 1 N–H and O–H groups in total. The maximum Gasteiger partial charge on any atom is 0.261 e.